The van der Waals surface area contributed by atoms with Gasteiger partial charge in [-0.05, 0) is 36.8 Å². The fourth-order valence-corrected chi connectivity index (χ4v) is 2.88. The molecule has 8 heteroatoms. The number of nitrogens with one attached hydrogen (secondary N) is 2. The van der Waals surface area contributed by atoms with Crippen LogP contribution in [0.1, 0.15) is 30.9 Å². The number of rotatable bonds is 10. The summed E-state index contributed by atoms with van der Waals surface area (Å²) in [6.45, 7) is 7.52. The standard InChI is InChI=1S/C22H29N7O/c1-3-21-28-27-17-29(21)14-13-25-22(23-4-2)26-15-18-8-10-20(11-9-18)30-16-19-7-5-6-12-24-19/h5-12,17H,3-4,13-16H2,1-2H3,(H2,23,25,26). The highest BCUT2D eigenvalue weighted by Gasteiger charge is 2.03. The molecule has 3 aromatic rings. The van der Waals surface area contributed by atoms with Gasteiger partial charge in [0.2, 0.25) is 0 Å². The minimum Gasteiger partial charge on any atom is -0.487 e. The number of aromatic nitrogens is 4. The first kappa shape index (κ1) is 21.3. The van der Waals surface area contributed by atoms with Crippen molar-refractivity contribution in [2.24, 2.45) is 4.99 Å². The maximum atomic E-state index is 5.78. The molecule has 0 unspecified atom stereocenters. The summed E-state index contributed by atoms with van der Waals surface area (Å²) in [5.74, 6) is 2.60. The van der Waals surface area contributed by atoms with Crippen molar-refractivity contribution in [1.82, 2.24) is 30.4 Å². The minimum atomic E-state index is 0.457. The van der Waals surface area contributed by atoms with Crippen molar-refractivity contribution in [3.8, 4) is 5.75 Å². The molecule has 0 aliphatic carbocycles. The van der Waals surface area contributed by atoms with Crippen molar-refractivity contribution in [1.29, 1.82) is 0 Å². The van der Waals surface area contributed by atoms with Gasteiger partial charge in [-0.25, -0.2) is 4.99 Å². The number of aryl methyl sites for hydroxylation is 1. The quantitative estimate of drug-likeness (QED) is 0.397. The molecule has 3 rings (SSSR count). The molecule has 0 fully saturated rings. The molecule has 2 heterocycles. The van der Waals surface area contributed by atoms with Crippen LogP contribution in [0.5, 0.6) is 5.75 Å². The molecule has 0 saturated heterocycles. The Bertz CT molecular complexity index is 907. The van der Waals surface area contributed by atoms with Gasteiger partial charge in [-0.2, -0.15) is 0 Å². The minimum absolute atomic E-state index is 0.457. The van der Waals surface area contributed by atoms with Gasteiger partial charge < -0.3 is 19.9 Å². The van der Waals surface area contributed by atoms with E-state index in [0.717, 1.165) is 54.8 Å². The highest BCUT2D eigenvalue weighted by atomic mass is 16.5. The monoisotopic (exact) mass is 407 g/mol. The summed E-state index contributed by atoms with van der Waals surface area (Å²) in [5, 5.41) is 14.7. The highest BCUT2D eigenvalue weighted by Crippen LogP contribution is 2.14. The summed E-state index contributed by atoms with van der Waals surface area (Å²) >= 11 is 0. The first-order chi connectivity index (χ1) is 14.8. The second-order valence-electron chi connectivity index (χ2n) is 6.67. The van der Waals surface area contributed by atoms with E-state index in [1.54, 1.807) is 12.5 Å². The average molecular weight is 408 g/mol. The van der Waals surface area contributed by atoms with Gasteiger partial charge in [0.05, 0.1) is 12.2 Å². The third-order valence-corrected chi connectivity index (χ3v) is 4.46. The van der Waals surface area contributed by atoms with Crippen molar-refractivity contribution in [3.63, 3.8) is 0 Å². The van der Waals surface area contributed by atoms with Crippen molar-refractivity contribution in [3.05, 3.63) is 72.1 Å². The van der Waals surface area contributed by atoms with Gasteiger partial charge in [0.1, 0.15) is 24.5 Å². The molecule has 0 atom stereocenters. The second kappa shape index (κ2) is 11.5. The molecular weight excluding hydrogens is 378 g/mol. The molecule has 0 saturated carbocycles. The lowest BCUT2D eigenvalue weighted by Crippen LogP contribution is -2.38. The normalized spacial score (nSPS) is 11.3. The molecule has 0 aliphatic heterocycles. The molecule has 158 valence electrons. The molecule has 0 spiro atoms. The summed E-state index contributed by atoms with van der Waals surface area (Å²) in [4.78, 5) is 8.93. The Kier molecular flexibility index (Phi) is 8.20. The van der Waals surface area contributed by atoms with E-state index in [1.807, 2.05) is 42.5 Å². The largest absolute Gasteiger partial charge is 0.487 e. The molecular formula is C22H29N7O. The molecule has 2 N–H and O–H groups in total. The first-order valence-corrected chi connectivity index (χ1v) is 10.3. The smallest absolute Gasteiger partial charge is 0.191 e. The van der Waals surface area contributed by atoms with Gasteiger partial charge in [-0.1, -0.05) is 25.1 Å². The SMILES string of the molecule is CCNC(=NCc1ccc(OCc2ccccn2)cc1)NCCn1cnnc1CC. The zero-order chi connectivity index (χ0) is 21.0. The van der Waals surface area contributed by atoms with Crippen LogP contribution in [0.3, 0.4) is 0 Å². The van der Waals surface area contributed by atoms with Crippen LogP contribution in [-0.2, 0) is 26.1 Å². The summed E-state index contributed by atoms with van der Waals surface area (Å²) in [7, 11) is 0. The maximum Gasteiger partial charge on any atom is 0.191 e. The number of guanidine groups is 1. The number of benzene rings is 1. The van der Waals surface area contributed by atoms with Gasteiger partial charge in [0.15, 0.2) is 5.96 Å². The van der Waals surface area contributed by atoms with E-state index in [-0.39, 0.29) is 0 Å². The Labute approximate surface area is 177 Å². The van der Waals surface area contributed by atoms with E-state index in [0.29, 0.717) is 13.2 Å². The van der Waals surface area contributed by atoms with Crippen molar-refractivity contribution >= 4 is 5.96 Å². The average Bonchev–Trinajstić information content (AvgIpc) is 3.25. The fourth-order valence-electron chi connectivity index (χ4n) is 2.88. The van der Waals surface area contributed by atoms with Crippen LogP contribution < -0.4 is 15.4 Å². The van der Waals surface area contributed by atoms with Crippen LogP contribution in [-0.4, -0.2) is 38.8 Å². The van der Waals surface area contributed by atoms with Crippen LogP contribution in [0.25, 0.3) is 0 Å². The van der Waals surface area contributed by atoms with Crippen LogP contribution in [0, 0.1) is 0 Å². The van der Waals surface area contributed by atoms with Gasteiger partial charge in [0.25, 0.3) is 0 Å². The second-order valence-corrected chi connectivity index (χ2v) is 6.67. The highest BCUT2D eigenvalue weighted by molar-refractivity contribution is 5.79. The first-order valence-electron chi connectivity index (χ1n) is 10.3. The molecule has 8 nitrogen and oxygen atoms in total. The van der Waals surface area contributed by atoms with Gasteiger partial charge in [-0.3, -0.25) is 4.98 Å². The number of pyridine rings is 1. The van der Waals surface area contributed by atoms with Crippen molar-refractivity contribution < 1.29 is 4.74 Å². The number of aliphatic imine (C=N–C) groups is 1. The zero-order valence-electron chi connectivity index (χ0n) is 17.6. The molecule has 2 aromatic heterocycles. The zero-order valence-corrected chi connectivity index (χ0v) is 17.6. The summed E-state index contributed by atoms with van der Waals surface area (Å²) in [6, 6.07) is 13.8. The van der Waals surface area contributed by atoms with E-state index < -0.39 is 0 Å². The lowest BCUT2D eigenvalue weighted by atomic mass is 10.2. The molecule has 1 aromatic carbocycles. The lowest BCUT2D eigenvalue weighted by Gasteiger charge is -2.12. The number of ether oxygens (including phenoxy) is 1. The Hall–Kier alpha value is -3.42. The summed E-state index contributed by atoms with van der Waals surface area (Å²) in [6.07, 6.45) is 4.41. The van der Waals surface area contributed by atoms with Crippen molar-refractivity contribution in [2.45, 2.75) is 40.0 Å². The van der Waals surface area contributed by atoms with E-state index in [2.05, 4.69) is 49.2 Å². The molecule has 0 radical (unpaired) electrons. The predicted octanol–water partition coefficient (Wildman–Crippen LogP) is 2.57. The molecule has 0 bridgehead atoms. The predicted molar refractivity (Wildman–Crippen MR) is 117 cm³/mol. The number of hydrogen-bond acceptors (Lipinski definition) is 5. The molecule has 30 heavy (non-hydrogen) atoms. The Balaban J connectivity index is 1.48. The Morgan fingerprint density at radius 2 is 1.97 bits per heavy atom. The number of hydrogen-bond donors (Lipinski definition) is 2. The van der Waals surface area contributed by atoms with Crippen molar-refractivity contribution in [2.75, 3.05) is 13.1 Å². The Morgan fingerprint density at radius 3 is 2.70 bits per heavy atom. The van der Waals surface area contributed by atoms with E-state index in [1.165, 1.54) is 0 Å². The summed E-state index contributed by atoms with van der Waals surface area (Å²) in [5.41, 5.74) is 2.02. The van der Waals surface area contributed by atoms with Gasteiger partial charge >= 0.3 is 0 Å². The Morgan fingerprint density at radius 1 is 1.10 bits per heavy atom. The maximum absolute atomic E-state index is 5.78. The summed E-state index contributed by atoms with van der Waals surface area (Å²) < 4.78 is 7.84. The van der Waals surface area contributed by atoms with Crippen LogP contribution >= 0.6 is 0 Å². The van der Waals surface area contributed by atoms with Gasteiger partial charge in [0, 0.05) is 32.3 Å². The molecule has 0 aliphatic rings. The topological polar surface area (TPSA) is 89.3 Å². The number of nitrogens with zero attached hydrogens (tertiary/aromatic N) is 5. The van der Waals surface area contributed by atoms with E-state index in [9.17, 15) is 0 Å². The fraction of sp³-hybridized carbons (Fsp3) is 0.364. The van der Waals surface area contributed by atoms with Crippen LogP contribution in [0.15, 0.2) is 60.0 Å². The van der Waals surface area contributed by atoms with E-state index in [4.69, 9.17) is 4.74 Å². The van der Waals surface area contributed by atoms with Crippen LogP contribution in [0.4, 0.5) is 0 Å². The van der Waals surface area contributed by atoms with Crippen LogP contribution in [0.2, 0.25) is 0 Å². The third kappa shape index (κ3) is 6.58. The van der Waals surface area contributed by atoms with E-state index >= 15 is 0 Å². The lowest BCUT2D eigenvalue weighted by molar-refractivity contribution is 0.301. The third-order valence-electron chi connectivity index (χ3n) is 4.46. The van der Waals surface area contributed by atoms with Gasteiger partial charge in [-0.15, -0.1) is 10.2 Å². The molecule has 0 amide bonds.